The van der Waals surface area contributed by atoms with Crippen LogP contribution in [-0.4, -0.2) is 70.1 Å². The van der Waals surface area contributed by atoms with Crippen molar-refractivity contribution in [3.63, 3.8) is 0 Å². The Balaban J connectivity index is 1.14. The van der Waals surface area contributed by atoms with Gasteiger partial charge in [0, 0.05) is 69.5 Å². The molecule has 4 aromatic rings. The minimum Gasteiger partial charge on any atom is -0.397 e. The number of hydrogen-bond donors (Lipinski definition) is 2. The Morgan fingerprint density at radius 3 is 2.51 bits per heavy atom. The lowest BCUT2D eigenvalue weighted by molar-refractivity contribution is -0.137. The number of nitrogen functional groups attached to an aromatic ring is 1. The van der Waals surface area contributed by atoms with Crippen LogP contribution in [-0.2, 0) is 30.9 Å². The molecule has 1 aromatic heterocycles. The van der Waals surface area contributed by atoms with Crippen LogP contribution in [0, 0.1) is 6.92 Å². The molecule has 9 nitrogen and oxygen atoms in total. The zero-order valence-electron chi connectivity index (χ0n) is 28.9. The van der Waals surface area contributed by atoms with Crippen molar-refractivity contribution >= 4 is 51.6 Å². The molecule has 2 fully saturated rings. The summed E-state index contributed by atoms with van der Waals surface area (Å²) in [5.74, 6) is -0.0274. The van der Waals surface area contributed by atoms with Gasteiger partial charge in [-0.2, -0.15) is 13.2 Å². The van der Waals surface area contributed by atoms with Crippen molar-refractivity contribution in [3.8, 4) is 0 Å². The summed E-state index contributed by atoms with van der Waals surface area (Å²) < 4.78 is 43.9. The van der Waals surface area contributed by atoms with E-state index in [4.69, 9.17) is 22.3 Å². The summed E-state index contributed by atoms with van der Waals surface area (Å²) >= 11 is 6.24. The van der Waals surface area contributed by atoms with E-state index in [0.717, 1.165) is 72.0 Å². The Bertz CT molecular complexity index is 1970. The molecule has 0 saturated carbocycles. The van der Waals surface area contributed by atoms with E-state index in [-0.39, 0.29) is 35.8 Å². The number of nitrogens with zero attached hydrogens (tertiary/aromatic N) is 5. The first-order valence-corrected chi connectivity index (χ1v) is 18.1. The molecule has 0 spiro atoms. The third-order valence-corrected chi connectivity index (χ3v) is 11.1. The standard InChI is InChI=1S/C38H43ClF3N7O2/c1-23-17-28(47-12-5-6-13-47)22-32-35(23)45-36(46(32)2)26(18-24-19-29(38(40,41)42)34(43)30(39)20-24)21-33(50)48-14-10-27(11-15-48)49-16-9-25-7-3-4-8-31(25)44-37(49)51/h3-4,7-8,17,19-20,22,26-27H,5-6,9-16,18,21,43H2,1-2H3,(H,44,51). The maximum atomic E-state index is 14.1. The fourth-order valence-corrected chi connectivity index (χ4v) is 8.29. The van der Waals surface area contributed by atoms with Gasteiger partial charge in [0.2, 0.25) is 5.91 Å². The van der Waals surface area contributed by atoms with E-state index >= 15 is 0 Å². The zero-order valence-corrected chi connectivity index (χ0v) is 29.7. The number of carbonyl (C=O) groups is 2. The Hall–Kier alpha value is -4.45. The minimum atomic E-state index is -4.69. The molecule has 3 N–H and O–H groups in total. The van der Waals surface area contributed by atoms with Crippen LogP contribution in [0.15, 0.2) is 48.5 Å². The third-order valence-electron chi connectivity index (χ3n) is 10.8. The minimum absolute atomic E-state index is 0.00974. The topological polar surface area (TPSA) is 99.7 Å². The van der Waals surface area contributed by atoms with Gasteiger partial charge in [-0.3, -0.25) is 4.79 Å². The Labute approximate surface area is 300 Å². The van der Waals surface area contributed by atoms with Crippen LogP contribution in [0.3, 0.4) is 0 Å². The van der Waals surface area contributed by atoms with Crippen molar-refractivity contribution < 1.29 is 22.8 Å². The molecule has 7 rings (SSSR count). The van der Waals surface area contributed by atoms with Gasteiger partial charge in [-0.1, -0.05) is 29.8 Å². The predicted octanol–water partition coefficient (Wildman–Crippen LogP) is 7.53. The van der Waals surface area contributed by atoms with Crippen molar-refractivity contribution in [1.29, 1.82) is 0 Å². The van der Waals surface area contributed by atoms with E-state index in [9.17, 15) is 22.8 Å². The first kappa shape index (κ1) is 35.0. The predicted molar refractivity (Wildman–Crippen MR) is 194 cm³/mol. The molecule has 0 aliphatic carbocycles. The van der Waals surface area contributed by atoms with E-state index in [0.29, 0.717) is 43.9 Å². The van der Waals surface area contributed by atoms with Crippen LogP contribution in [0.4, 0.5) is 35.0 Å². The molecule has 3 aliphatic rings. The number of nitrogens with two attached hydrogens (primary N) is 1. The fraction of sp³-hybridized carbons (Fsp3) is 0.447. The molecule has 1 unspecified atom stereocenters. The van der Waals surface area contributed by atoms with Crippen molar-refractivity contribution in [3.05, 3.63) is 81.6 Å². The van der Waals surface area contributed by atoms with E-state index in [1.807, 2.05) is 52.6 Å². The highest BCUT2D eigenvalue weighted by Crippen LogP contribution is 2.40. The number of halogens is 4. The van der Waals surface area contributed by atoms with Gasteiger partial charge >= 0.3 is 12.2 Å². The quantitative estimate of drug-likeness (QED) is 0.192. The molecule has 0 radical (unpaired) electrons. The lowest BCUT2D eigenvalue weighted by Gasteiger charge is -2.38. The molecule has 270 valence electrons. The van der Waals surface area contributed by atoms with Gasteiger partial charge in [-0.15, -0.1) is 0 Å². The number of carbonyl (C=O) groups excluding carboxylic acids is 2. The van der Waals surface area contributed by atoms with Crippen molar-refractivity contribution in [2.45, 2.75) is 70.0 Å². The van der Waals surface area contributed by atoms with Crippen LogP contribution in [0.2, 0.25) is 5.02 Å². The summed E-state index contributed by atoms with van der Waals surface area (Å²) in [4.78, 5) is 38.3. The van der Waals surface area contributed by atoms with Crippen LogP contribution >= 0.6 is 11.6 Å². The first-order chi connectivity index (χ1) is 24.4. The Morgan fingerprint density at radius 1 is 1.06 bits per heavy atom. The number of urea groups is 1. The lowest BCUT2D eigenvalue weighted by Crippen LogP contribution is -2.50. The van der Waals surface area contributed by atoms with Gasteiger partial charge in [0.15, 0.2) is 0 Å². The van der Waals surface area contributed by atoms with Crippen LogP contribution in [0.5, 0.6) is 0 Å². The van der Waals surface area contributed by atoms with Crippen LogP contribution in [0.25, 0.3) is 11.0 Å². The maximum Gasteiger partial charge on any atom is 0.418 e. The summed E-state index contributed by atoms with van der Waals surface area (Å²) in [7, 11) is 1.91. The normalized spacial score (nSPS) is 17.8. The molecular formula is C38H43ClF3N7O2. The number of para-hydroxylation sites is 1. The second kappa shape index (κ2) is 13.9. The first-order valence-electron chi connectivity index (χ1n) is 17.7. The lowest BCUT2D eigenvalue weighted by atomic mass is 9.92. The average Bonchev–Trinajstić information content (AvgIpc) is 3.71. The number of aryl methyl sites for hydroxylation is 2. The highest BCUT2D eigenvalue weighted by Gasteiger charge is 2.36. The largest absolute Gasteiger partial charge is 0.418 e. The highest BCUT2D eigenvalue weighted by atomic mass is 35.5. The Morgan fingerprint density at radius 2 is 1.78 bits per heavy atom. The number of benzene rings is 3. The van der Waals surface area contributed by atoms with Gasteiger partial charge in [-0.05, 0) is 92.5 Å². The number of alkyl halides is 3. The smallest absolute Gasteiger partial charge is 0.397 e. The van der Waals surface area contributed by atoms with E-state index < -0.39 is 23.3 Å². The van der Waals surface area contributed by atoms with Crippen molar-refractivity contribution in [1.82, 2.24) is 19.4 Å². The molecule has 13 heteroatoms. The fourth-order valence-electron chi connectivity index (χ4n) is 8.05. The van der Waals surface area contributed by atoms with Gasteiger partial charge < -0.3 is 30.3 Å². The second-order valence-corrected chi connectivity index (χ2v) is 14.5. The van der Waals surface area contributed by atoms with Crippen LogP contribution < -0.4 is 16.0 Å². The van der Waals surface area contributed by atoms with E-state index in [1.165, 1.54) is 6.07 Å². The van der Waals surface area contributed by atoms with Gasteiger partial charge in [0.25, 0.3) is 0 Å². The number of piperidine rings is 1. The van der Waals surface area contributed by atoms with Gasteiger partial charge in [0.1, 0.15) is 5.82 Å². The third kappa shape index (κ3) is 7.07. The molecule has 3 amide bonds. The van der Waals surface area contributed by atoms with E-state index in [1.54, 1.807) is 0 Å². The van der Waals surface area contributed by atoms with Crippen molar-refractivity contribution in [2.24, 2.45) is 7.05 Å². The summed E-state index contributed by atoms with van der Waals surface area (Å²) in [5.41, 5.74) is 10.3. The monoisotopic (exact) mass is 721 g/mol. The van der Waals surface area contributed by atoms with Crippen LogP contribution in [0.1, 0.15) is 66.1 Å². The molecule has 3 aliphatic heterocycles. The molecule has 2 saturated heterocycles. The van der Waals surface area contributed by atoms with Crippen molar-refractivity contribution in [2.75, 3.05) is 48.7 Å². The van der Waals surface area contributed by atoms with Gasteiger partial charge in [-0.25, -0.2) is 9.78 Å². The molecule has 3 aromatic carbocycles. The number of fused-ring (bicyclic) bond motifs is 2. The number of imidazole rings is 1. The number of hydrogen-bond acceptors (Lipinski definition) is 5. The number of anilines is 3. The van der Waals surface area contributed by atoms with E-state index in [2.05, 4.69) is 22.3 Å². The maximum absolute atomic E-state index is 14.1. The number of nitrogens with one attached hydrogen (secondary N) is 1. The second-order valence-electron chi connectivity index (χ2n) is 14.1. The summed E-state index contributed by atoms with van der Waals surface area (Å²) in [6.07, 6.45) is -0.249. The Kier molecular flexibility index (Phi) is 9.56. The number of aromatic nitrogens is 2. The SMILES string of the molecule is Cc1cc(N2CCCC2)cc2c1nc(C(CC(=O)N1CCC(N3CCc4ccccc4NC3=O)CC1)Cc1cc(Cl)c(N)c(C(F)(F)F)c1)n2C. The average molecular weight is 722 g/mol. The summed E-state index contributed by atoms with van der Waals surface area (Å²) in [5, 5.41) is 2.86. The molecular weight excluding hydrogens is 679 g/mol. The summed E-state index contributed by atoms with van der Waals surface area (Å²) in [6, 6.07) is 14.4. The molecule has 51 heavy (non-hydrogen) atoms. The molecule has 0 bridgehead atoms. The molecule has 1 atom stereocenters. The zero-order chi connectivity index (χ0) is 36.0. The number of rotatable bonds is 7. The number of likely N-dealkylation sites (tertiary alicyclic amines) is 1. The highest BCUT2D eigenvalue weighted by molar-refractivity contribution is 6.33. The summed E-state index contributed by atoms with van der Waals surface area (Å²) in [6.45, 7) is 5.53. The molecule has 4 heterocycles. The van der Waals surface area contributed by atoms with Gasteiger partial charge in [0.05, 0.1) is 27.3 Å². The number of amides is 3.